The number of hydrogen-bond acceptors (Lipinski definition) is 4. The van der Waals surface area contributed by atoms with E-state index in [1.54, 1.807) is 20.8 Å². The third kappa shape index (κ3) is 5.12. The minimum atomic E-state index is -4.51. The van der Waals surface area contributed by atoms with Crippen molar-refractivity contribution in [2.75, 3.05) is 12.0 Å². The molecule has 0 unspecified atom stereocenters. The van der Waals surface area contributed by atoms with Crippen molar-refractivity contribution in [2.24, 2.45) is 10.7 Å². The first kappa shape index (κ1) is 21.9. The molecule has 156 valence electrons. The molecule has 0 fully saturated rings. The third-order valence-corrected chi connectivity index (χ3v) is 3.77. The highest BCUT2D eigenvalue weighted by molar-refractivity contribution is 6.07. The first-order valence-electron chi connectivity index (χ1n) is 8.34. The quantitative estimate of drug-likeness (QED) is 0.456. The molecule has 0 spiro atoms. The Morgan fingerprint density at radius 1 is 1.17 bits per heavy atom. The smallest absolute Gasteiger partial charge is 0.416 e. The van der Waals surface area contributed by atoms with Crippen LogP contribution in [0.5, 0.6) is 0 Å². The van der Waals surface area contributed by atoms with Crippen LogP contribution in [0, 0.1) is 0 Å². The van der Waals surface area contributed by atoms with Gasteiger partial charge in [0.15, 0.2) is 5.69 Å². The highest BCUT2D eigenvalue weighted by Gasteiger charge is 2.31. The van der Waals surface area contributed by atoms with Crippen LogP contribution in [0.25, 0.3) is 0 Å². The first-order valence-corrected chi connectivity index (χ1v) is 8.34. The van der Waals surface area contributed by atoms with Gasteiger partial charge in [0.25, 0.3) is 5.91 Å². The van der Waals surface area contributed by atoms with E-state index in [4.69, 9.17) is 5.73 Å². The molecule has 2 rings (SSSR count). The number of rotatable bonds is 3. The molecule has 1 amide bonds. The Hall–Kier alpha value is -3.37. The van der Waals surface area contributed by atoms with Gasteiger partial charge in [0.05, 0.1) is 12.7 Å². The Bertz CT molecular complexity index is 927. The molecule has 11 heteroatoms. The molecule has 0 radical (unpaired) electrons. The van der Waals surface area contributed by atoms with Gasteiger partial charge in [-0.1, -0.05) is 0 Å². The van der Waals surface area contributed by atoms with Crippen molar-refractivity contribution in [1.82, 2.24) is 10.2 Å². The molecule has 8 nitrogen and oxygen atoms in total. The number of guanidine groups is 1. The van der Waals surface area contributed by atoms with Crippen LogP contribution in [-0.2, 0) is 10.9 Å². The van der Waals surface area contributed by atoms with E-state index < -0.39 is 29.2 Å². The van der Waals surface area contributed by atoms with Gasteiger partial charge in [-0.3, -0.25) is 14.8 Å². The summed E-state index contributed by atoms with van der Waals surface area (Å²) >= 11 is 0. The lowest BCUT2D eigenvalue weighted by molar-refractivity contribution is -0.137. The highest BCUT2D eigenvalue weighted by atomic mass is 19.4. The van der Waals surface area contributed by atoms with E-state index in [9.17, 15) is 22.8 Å². The number of nitrogens with one attached hydrogen (secondary N) is 1. The number of carbonyl (C=O) groups excluding carboxylic acids is 2. The Kier molecular flexibility index (Phi) is 6.00. The molecule has 3 N–H and O–H groups in total. The zero-order chi connectivity index (χ0) is 22.0. The summed E-state index contributed by atoms with van der Waals surface area (Å²) in [6.07, 6.45) is -4.51. The van der Waals surface area contributed by atoms with Gasteiger partial charge >= 0.3 is 12.1 Å². The summed E-state index contributed by atoms with van der Waals surface area (Å²) in [7, 11) is 1.21. The minimum Gasteiger partial charge on any atom is -0.464 e. The average Bonchev–Trinajstić information content (AvgIpc) is 3.08. The number of nitrogens with two attached hydrogens (primary N) is 1. The molecule has 29 heavy (non-hydrogen) atoms. The topological polar surface area (TPSA) is 114 Å². The number of H-pyrrole nitrogens is 1. The lowest BCUT2D eigenvalue weighted by atomic mass is 10.1. The molecule has 1 heterocycles. The monoisotopic (exact) mass is 411 g/mol. The molecule has 0 bridgehead atoms. The van der Waals surface area contributed by atoms with Crippen LogP contribution in [0.15, 0.2) is 35.3 Å². The molecule has 0 aliphatic rings. The standard InChI is InChI=1S/C18H20F3N5O3/c1-17(2,3)26(13-9-12(24-25-13)15(28)29-4)16(22)23-14(27)10-5-7-11(8-6-10)18(19,20)21/h5-9H,1-4H3,(H,24,25)(H2,22,23,27). The number of methoxy groups -OCH3 is 1. The summed E-state index contributed by atoms with van der Waals surface area (Å²) in [6, 6.07) is 5.00. The second-order valence-corrected chi connectivity index (χ2v) is 6.99. The van der Waals surface area contributed by atoms with E-state index in [0.29, 0.717) is 0 Å². The maximum atomic E-state index is 12.7. The zero-order valence-electron chi connectivity index (χ0n) is 16.2. The van der Waals surface area contributed by atoms with E-state index in [-0.39, 0.29) is 23.0 Å². The van der Waals surface area contributed by atoms with E-state index in [1.807, 2.05) is 0 Å². The number of alkyl halides is 3. The normalized spacial score (nSPS) is 12.6. The number of hydrogen-bond donors (Lipinski definition) is 2. The fourth-order valence-corrected chi connectivity index (χ4v) is 2.48. The van der Waals surface area contributed by atoms with Gasteiger partial charge in [0.2, 0.25) is 5.96 Å². The molecule has 1 aromatic heterocycles. The SMILES string of the molecule is COC(=O)c1cc(N(C(N)=NC(=O)c2ccc(C(F)(F)F)cc2)C(C)(C)C)[nH]n1. The van der Waals surface area contributed by atoms with Crippen LogP contribution >= 0.6 is 0 Å². The summed E-state index contributed by atoms with van der Waals surface area (Å²) in [5.74, 6) is -1.45. The van der Waals surface area contributed by atoms with Crippen LogP contribution in [0.2, 0.25) is 0 Å². The minimum absolute atomic E-state index is 0.00128. The molecular formula is C18H20F3N5O3. The molecule has 0 aliphatic heterocycles. The number of halogens is 3. The zero-order valence-corrected chi connectivity index (χ0v) is 16.2. The lowest BCUT2D eigenvalue weighted by Crippen LogP contribution is -2.50. The summed E-state index contributed by atoms with van der Waals surface area (Å²) in [5.41, 5.74) is 4.37. The number of amides is 1. The fraction of sp³-hybridized carbons (Fsp3) is 0.333. The van der Waals surface area contributed by atoms with Crippen LogP contribution in [0.3, 0.4) is 0 Å². The van der Waals surface area contributed by atoms with E-state index >= 15 is 0 Å². The van der Waals surface area contributed by atoms with Crippen LogP contribution in [-0.4, -0.2) is 40.7 Å². The number of aromatic amines is 1. The predicted molar refractivity (Wildman–Crippen MR) is 99.6 cm³/mol. The van der Waals surface area contributed by atoms with Gasteiger partial charge in [0.1, 0.15) is 5.82 Å². The number of benzene rings is 1. The van der Waals surface area contributed by atoms with Crippen molar-refractivity contribution < 1.29 is 27.5 Å². The largest absolute Gasteiger partial charge is 0.464 e. The first-order chi connectivity index (χ1) is 13.3. The highest BCUT2D eigenvalue weighted by Crippen LogP contribution is 2.29. The Morgan fingerprint density at radius 3 is 2.24 bits per heavy atom. The van der Waals surface area contributed by atoms with Gasteiger partial charge in [-0.05, 0) is 45.0 Å². The second kappa shape index (κ2) is 7.94. The van der Waals surface area contributed by atoms with Crippen molar-refractivity contribution in [1.29, 1.82) is 0 Å². The average molecular weight is 411 g/mol. The van der Waals surface area contributed by atoms with Gasteiger partial charge in [-0.2, -0.15) is 23.3 Å². The van der Waals surface area contributed by atoms with Gasteiger partial charge in [-0.25, -0.2) is 4.79 Å². The lowest BCUT2D eigenvalue weighted by Gasteiger charge is -2.34. The molecule has 0 atom stereocenters. The number of ether oxygens (including phenoxy) is 1. The van der Waals surface area contributed by atoms with Crippen molar-refractivity contribution in [3.8, 4) is 0 Å². The fourth-order valence-electron chi connectivity index (χ4n) is 2.48. The molecule has 1 aromatic carbocycles. The molecule has 0 saturated heterocycles. The summed E-state index contributed by atoms with van der Waals surface area (Å²) in [6.45, 7) is 5.32. The van der Waals surface area contributed by atoms with Crippen molar-refractivity contribution >= 4 is 23.7 Å². The molecule has 2 aromatic rings. The number of aliphatic imine (C=N–C) groups is 1. The second-order valence-electron chi connectivity index (χ2n) is 6.99. The van der Waals surface area contributed by atoms with Crippen LogP contribution in [0.1, 0.15) is 47.2 Å². The van der Waals surface area contributed by atoms with Gasteiger partial charge in [-0.15, -0.1) is 0 Å². The number of nitrogens with zero attached hydrogens (tertiary/aromatic N) is 3. The van der Waals surface area contributed by atoms with E-state index in [0.717, 1.165) is 24.3 Å². The number of carbonyl (C=O) groups is 2. The van der Waals surface area contributed by atoms with E-state index in [1.165, 1.54) is 18.1 Å². The molecular weight excluding hydrogens is 391 g/mol. The van der Waals surface area contributed by atoms with Crippen LogP contribution in [0.4, 0.5) is 19.0 Å². The maximum absolute atomic E-state index is 12.7. The summed E-state index contributed by atoms with van der Waals surface area (Å²) < 4.78 is 42.6. The van der Waals surface area contributed by atoms with Gasteiger partial charge < -0.3 is 10.5 Å². The van der Waals surface area contributed by atoms with Crippen molar-refractivity contribution in [2.45, 2.75) is 32.5 Å². The molecule has 0 aliphatic carbocycles. The van der Waals surface area contributed by atoms with Crippen molar-refractivity contribution in [3.05, 3.63) is 47.2 Å². The molecule has 0 saturated carbocycles. The van der Waals surface area contributed by atoms with Crippen LogP contribution < -0.4 is 10.6 Å². The number of esters is 1. The number of aromatic nitrogens is 2. The Labute approximate surface area is 164 Å². The Morgan fingerprint density at radius 2 is 1.76 bits per heavy atom. The number of anilines is 1. The predicted octanol–water partition coefficient (Wildman–Crippen LogP) is 2.98. The van der Waals surface area contributed by atoms with Crippen molar-refractivity contribution in [3.63, 3.8) is 0 Å². The van der Waals surface area contributed by atoms with E-state index in [2.05, 4.69) is 19.9 Å². The maximum Gasteiger partial charge on any atom is 0.416 e. The summed E-state index contributed by atoms with van der Waals surface area (Å²) in [5, 5.41) is 6.45. The van der Waals surface area contributed by atoms with Gasteiger partial charge in [0, 0.05) is 17.2 Å². The Balaban J connectivity index is 2.35. The summed E-state index contributed by atoms with van der Waals surface area (Å²) in [4.78, 5) is 29.2. The third-order valence-electron chi connectivity index (χ3n) is 3.77.